The first-order valence-corrected chi connectivity index (χ1v) is 10.0. The minimum atomic E-state index is -0.932. The van der Waals surface area contributed by atoms with E-state index in [0.29, 0.717) is 6.42 Å². The number of nitrogens with one attached hydrogen (secondary N) is 1. The fourth-order valence-corrected chi connectivity index (χ4v) is 5.63. The lowest BCUT2D eigenvalue weighted by Crippen LogP contribution is -2.47. The van der Waals surface area contributed by atoms with Crippen LogP contribution < -0.4 is 5.32 Å². The van der Waals surface area contributed by atoms with Gasteiger partial charge in [0.1, 0.15) is 6.04 Å². The Morgan fingerprint density at radius 3 is 2.81 bits per heavy atom. The molecule has 3 aliphatic rings. The molecule has 2 fully saturated rings. The van der Waals surface area contributed by atoms with Crippen molar-refractivity contribution in [1.82, 2.24) is 4.90 Å². The van der Waals surface area contributed by atoms with Crippen molar-refractivity contribution in [3.05, 3.63) is 24.3 Å². The molecule has 6 nitrogen and oxygen atoms in total. The first kappa shape index (κ1) is 17.4. The van der Waals surface area contributed by atoms with Crippen LogP contribution in [-0.4, -0.2) is 45.1 Å². The summed E-state index contributed by atoms with van der Waals surface area (Å²) < 4.78 is 0. The van der Waals surface area contributed by atoms with Crippen LogP contribution in [0.25, 0.3) is 0 Å². The van der Waals surface area contributed by atoms with Gasteiger partial charge in [-0.2, -0.15) is 0 Å². The Balaban J connectivity index is 1.51. The number of carbonyl (C=O) groups is 3. The Morgan fingerprint density at radius 2 is 2.00 bits per heavy atom. The summed E-state index contributed by atoms with van der Waals surface area (Å²) in [6.45, 7) is 0. The molecule has 1 saturated heterocycles. The van der Waals surface area contributed by atoms with Gasteiger partial charge in [0.15, 0.2) is 0 Å². The molecule has 1 aromatic rings. The molecule has 2 aliphatic heterocycles. The lowest BCUT2D eigenvalue weighted by molar-refractivity contribution is -0.150. The largest absolute Gasteiger partial charge is 0.480 e. The van der Waals surface area contributed by atoms with Gasteiger partial charge < -0.3 is 15.3 Å². The predicted octanol–water partition coefficient (Wildman–Crippen LogP) is 2.73. The normalized spacial score (nSPS) is 30.3. The third-order valence-corrected chi connectivity index (χ3v) is 7.00. The molecule has 1 saturated carbocycles. The smallest absolute Gasteiger partial charge is 0.326 e. The number of hydrogen-bond acceptors (Lipinski definition) is 4. The van der Waals surface area contributed by atoms with Crippen molar-refractivity contribution in [2.24, 2.45) is 5.92 Å². The number of carboxylic acid groups (broad SMARTS) is 1. The number of para-hydroxylation sites is 1. The van der Waals surface area contributed by atoms with Crippen molar-refractivity contribution in [3.63, 3.8) is 0 Å². The van der Waals surface area contributed by atoms with Gasteiger partial charge in [-0.3, -0.25) is 9.59 Å². The van der Waals surface area contributed by atoms with E-state index in [1.165, 1.54) is 11.8 Å². The minimum Gasteiger partial charge on any atom is -0.480 e. The molecular weight excluding hydrogens is 352 g/mol. The van der Waals surface area contributed by atoms with E-state index in [4.69, 9.17) is 0 Å². The molecular formula is C19H22N2O4S. The monoisotopic (exact) mass is 374 g/mol. The third kappa shape index (κ3) is 3.09. The molecule has 7 heteroatoms. The van der Waals surface area contributed by atoms with Crippen LogP contribution >= 0.6 is 11.8 Å². The summed E-state index contributed by atoms with van der Waals surface area (Å²) in [7, 11) is 0. The van der Waals surface area contributed by atoms with E-state index in [0.717, 1.165) is 36.3 Å². The molecule has 1 aliphatic carbocycles. The Bertz CT molecular complexity index is 753. The second-order valence-electron chi connectivity index (χ2n) is 7.30. The van der Waals surface area contributed by atoms with Gasteiger partial charge in [-0.25, -0.2) is 4.79 Å². The predicted molar refractivity (Wildman–Crippen MR) is 98.0 cm³/mol. The van der Waals surface area contributed by atoms with Crippen LogP contribution in [0.3, 0.4) is 0 Å². The average molecular weight is 374 g/mol. The van der Waals surface area contributed by atoms with E-state index in [2.05, 4.69) is 5.32 Å². The Labute approximate surface area is 156 Å². The highest BCUT2D eigenvalue weighted by Crippen LogP contribution is 2.42. The lowest BCUT2D eigenvalue weighted by atomic mass is 9.84. The molecule has 0 aromatic heterocycles. The summed E-state index contributed by atoms with van der Waals surface area (Å²) in [6, 6.07) is 6.78. The molecule has 2 N–H and O–H groups in total. The molecule has 26 heavy (non-hydrogen) atoms. The summed E-state index contributed by atoms with van der Waals surface area (Å²) in [6.07, 6.45) is 4.57. The van der Waals surface area contributed by atoms with E-state index in [1.54, 1.807) is 4.90 Å². The van der Waals surface area contributed by atoms with Crippen molar-refractivity contribution < 1.29 is 19.5 Å². The fourth-order valence-electron chi connectivity index (χ4n) is 4.53. The molecule has 0 spiro atoms. The zero-order valence-electron chi connectivity index (χ0n) is 14.4. The Morgan fingerprint density at radius 1 is 1.23 bits per heavy atom. The number of carboxylic acids is 1. The van der Waals surface area contributed by atoms with Crippen LogP contribution in [0.4, 0.5) is 5.69 Å². The van der Waals surface area contributed by atoms with Gasteiger partial charge in [0.2, 0.25) is 11.8 Å². The summed E-state index contributed by atoms with van der Waals surface area (Å²) in [5.41, 5.74) is 0.767. The van der Waals surface area contributed by atoms with E-state index in [-0.39, 0.29) is 30.2 Å². The van der Waals surface area contributed by atoms with Crippen LogP contribution in [0.15, 0.2) is 29.2 Å². The topological polar surface area (TPSA) is 86.7 Å². The summed E-state index contributed by atoms with van der Waals surface area (Å²) in [5.74, 6) is -1.05. The highest BCUT2D eigenvalue weighted by Gasteiger charge is 2.48. The van der Waals surface area contributed by atoms with E-state index < -0.39 is 17.3 Å². The van der Waals surface area contributed by atoms with Gasteiger partial charge >= 0.3 is 5.97 Å². The standard InChI is InChI=1S/C19H22N2O4S/c22-17(10-16-18(23)20-12-6-2-4-8-15(12)26-16)21-13-7-3-1-5-11(13)9-14(21)19(24)25/h2,4,6,8,11,13-14,16H,1,3,5,7,9-10H2,(H,20,23)(H,24,25)/t11-,13+,14-,16+/m0/s1. The second-order valence-corrected chi connectivity index (χ2v) is 8.54. The van der Waals surface area contributed by atoms with Crippen LogP contribution in [0, 0.1) is 5.92 Å². The van der Waals surface area contributed by atoms with E-state index in [9.17, 15) is 19.5 Å². The number of rotatable bonds is 3. The SMILES string of the molecule is O=C1Nc2ccccc2S[C@@H]1CC(=O)N1[C@@H]2CCCC[C@H]2C[C@H]1C(=O)O. The van der Waals surface area contributed by atoms with Crippen molar-refractivity contribution in [2.75, 3.05) is 5.32 Å². The number of fused-ring (bicyclic) bond motifs is 2. The average Bonchev–Trinajstić information content (AvgIpc) is 3.02. The summed E-state index contributed by atoms with van der Waals surface area (Å²) in [4.78, 5) is 39.6. The van der Waals surface area contributed by atoms with Crippen LogP contribution in [0.1, 0.15) is 38.5 Å². The van der Waals surface area contributed by atoms with Crippen molar-refractivity contribution in [2.45, 2.75) is 60.8 Å². The van der Waals surface area contributed by atoms with Gasteiger partial charge in [-0.15, -0.1) is 11.8 Å². The highest BCUT2D eigenvalue weighted by atomic mass is 32.2. The maximum absolute atomic E-state index is 13.0. The number of amides is 2. The number of anilines is 1. The number of likely N-dealkylation sites (tertiary alicyclic amines) is 1. The number of thioether (sulfide) groups is 1. The zero-order chi connectivity index (χ0) is 18.3. The van der Waals surface area contributed by atoms with Crippen molar-refractivity contribution in [3.8, 4) is 0 Å². The van der Waals surface area contributed by atoms with Crippen molar-refractivity contribution >= 4 is 35.2 Å². The minimum absolute atomic E-state index is 0.0151. The zero-order valence-corrected chi connectivity index (χ0v) is 15.2. The maximum Gasteiger partial charge on any atom is 0.326 e. The molecule has 138 valence electrons. The fraction of sp³-hybridized carbons (Fsp3) is 0.526. The summed E-state index contributed by atoms with van der Waals surface area (Å²) >= 11 is 1.38. The first-order chi connectivity index (χ1) is 12.5. The highest BCUT2D eigenvalue weighted by molar-refractivity contribution is 8.01. The lowest BCUT2D eigenvalue weighted by Gasteiger charge is -2.34. The van der Waals surface area contributed by atoms with Crippen LogP contribution in [0.2, 0.25) is 0 Å². The van der Waals surface area contributed by atoms with Gasteiger partial charge in [-0.1, -0.05) is 25.0 Å². The van der Waals surface area contributed by atoms with E-state index in [1.807, 2.05) is 24.3 Å². The Kier molecular flexibility index (Phi) is 4.65. The number of carbonyl (C=O) groups excluding carboxylic acids is 2. The summed E-state index contributed by atoms with van der Waals surface area (Å²) in [5, 5.41) is 11.9. The van der Waals surface area contributed by atoms with Crippen LogP contribution in [0.5, 0.6) is 0 Å². The molecule has 0 bridgehead atoms. The molecule has 1 aromatic carbocycles. The molecule has 4 atom stereocenters. The molecule has 2 amide bonds. The number of hydrogen-bond donors (Lipinski definition) is 2. The molecule has 4 rings (SSSR count). The van der Waals surface area contributed by atoms with Gasteiger partial charge in [0, 0.05) is 17.4 Å². The number of benzene rings is 1. The Hall–Kier alpha value is -2.02. The molecule has 0 unspecified atom stereocenters. The van der Waals surface area contributed by atoms with Gasteiger partial charge in [-0.05, 0) is 37.3 Å². The first-order valence-electron chi connectivity index (χ1n) is 9.15. The van der Waals surface area contributed by atoms with Crippen LogP contribution in [-0.2, 0) is 14.4 Å². The molecule has 2 heterocycles. The van der Waals surface area contributed by atoms with Gasteiger partial charge in [0.05, 0.1) is 10.9 Å². The maximum atomic E-state index is 13.0. The third-order valence-electron chi connectivity index (χ3n) is 5.73. The second kappa shape index (κ2) is 6.95. The quantitative estimate of drug-likeness (QED) is 0.850. The number of aliphatic carboxylic acids is 1. The van der Waals surface area contributed by atoms with Gasteiger partial charge in [0.25, 0.3) is 0 Å². The number of nitrogens with zero attached hydrogens (tertiary/aromatic N) is 1. The van der Waals surface area contributed by atoms with E-state index >= 15 is 0 Å². The van der Waals surface area contributed by atoms with Crippen molar-refractivity contribution in [1.29, 1.82) is 0 Å². The molecule has 0 radical (unpaired) electrons.